The SMILES string of the molecule is CCCCCCC/C=C\C/C=C\CCCCCCCCCCCCCCCCCCCCCC(=O)NC(COC1OC(CO)C(OC2OC(CO)C(O)C(O)C2O)C(O)C1O)C(O)/C=C/CCCCCCCCCCCCCC. The standard InChI is InChI=1S/C65H121NO13/c1-3-5-7-9-11-13-15-17-19-20-21-22-23-24-25-26-27-28-29-30-31-32-33-34-35-37-39-41-43-45-47-49-57(70)66-53(54(69)48-46-44-42-40-38-36-18-16-14-12-10-8-6-4-2)52-76-64-62(75)60(73)63(56(51-68)78-64)79-65-61(74)59(72)58(71)55(50-67)77-65/h15,17,20-21,46,48,53-56,58-65,67-69,71-75H,3-14,16,18-19,22-45,47,49-52H2,1-2H3,(H,66,70)/b17-15-,21-20-,48-46+. The van der Waals surface area contributed by atoms with Gasteiger partial charge in [0.2, 0.25) is 5.91 Å². The molecule has 79 heavy (non-hydrogen) atoms. The van der Waals surface area contributed by atoms with Crippen molar-refractivity contribution in [2.24, 2.45) is 0 Å². The number of hydrogen-bond donors (Lipinski definition) is 9. The number of unbranched alkanes of at least 4 members (excludes halogenated alkanes) is 36. The minimum Gasteiger partial charge on any atom is -0.394 e. The number of carbonyl (C=O) groups excluding carboxylic acids is 1. The largest absolute Gasteiger partial charge is 0.394 e. The number of amides is 1. The average molecular weight is 1120 g/mol. The zero-order chi connectivity index (χ0) is 57.4. The maximum absolute atomic E-state index is 13.3. The van der Waals surface area contributed by atoms with Gasteiger partial charge in [-0.3, -0.25) is 4.79 Å². The van der Waals surface area contributed by atoms with Crippen LogP contribution in [0.5, 0.6) is 0 Å². The van der Waals surface area contributed by atoms with Crippen LogP contribution in [0.25, 0.3) is 0 Å². The summed E-state index contributed by atoms with van der Waals surface area (Å²) in [5.41, 5.74) is 0. The fraction of sp³-hybridized carbons (Fsp3) is 0.892. The Hall–Kier alpha value is -1.79. The second-order valence-electron chi connectivity index (χ2n) is 23.2. The summed E-state index contributed by atoms with van der Waals surface area (Å²) < 4.78 is 22.8. The first-order valence-electron chi connectivity index (χ1n) is 32.7. The van der Waals surface area contributed by atoms with Crippen LogP contribution in [0, 0.1) is 0 Å². The molecule has 0 aromatic rings. The zero-order valence-electron chi connectivity index (χ0n) is 50.1. The summed E-state index contributed by atoms with van der Waals surface area (Å²) in [7, 11) is 0. The molecule has 464 valence electrons. The Labute approximate surface area is 481 Å². The van der Waals surface area contributed by atoms with Crippen LogP contribution in [-0.4, -0.2) is 140 Å². The van der Waals surface area contributed by atoms with Gasteiger partial charge in [0, 0.05) is 6.42 Å². The van der Waals surface area contributed by atoms with Crippen LogP contribution >= 0.6 is 0 Å². The van der Waals surface area contributed by atoms with Gasteiger partial charge in [-0.1, -0.05) is 256 Å². The van der Waals surface area contributed by atoms with E-state index in [4.69, 9.17) is 18.9 Å². The van der Waals surface area contributed by atoms with E-state index in [-0.39, 0.29) is 18.9 Å². The molecule has 12 unspecified atom stereocenters. The second-order valence-corrected chi connectivity index (χ2v) is 23.2. The Balaban J connectivity index is 1.64. The van der Waals surface area contributed by atoms with Crippen molar-refractivity contribution in [1.82, 2.24) is 5.32 Å². The van der Waals surface area contributed by atoms with Gasteiger partial charge in [0.15, 0.2) is 12.6 Å². The van der Waals surface area contributed by atoms with Crippen molar-refractivity contribution in [1.29, 1.82) is 0 Å². The highest BCUT2D eigenvalue weighted by Crippen LogP contribution is 2.30. The smallest absolute Gasteiger partial charge is 0.220 e. The number of carbonyl (C=O) groups is 1. The molecule has 2 saturated heterocycles. The molecular formula is C65H121NO13. The molecule has 0 saturated carbocycles. The lowest BCUT2D eigenvalue weighted by molar-refractivity contribution is -0.359. The van der Waals surface area contributed by atoms with E-state index in [2.05, 4.69) is 43.5 Å². The average Bonchev–Trinajstić information content (AvgIpc) is 3.55. The Kier molecular flexibility index (Phi) is 47.0. The minimum atomic E-state index is -1.79. The predicted molar refractivity (Wildman–Crippen MR) is 318 cm³/mol. The first-order chi connectivity index (χ1) is 38.6. The van der Waals surface area contributed by atoms with Crippen LogP contribution in [-0.2, 0) is 23.7 Å². The van der Waals surface area contributed by atoms with E-state index < -0.39 is 86.8 Å². The molecule has 2 heterocycles. The number of hydrogen-bond acceptors (Lipinski definition) is 13. The van der Waals surface area contributed by atoms with Gasteiger partial charge in [-0.05, 0) is 51.4 Å². The monoisotopic (exact) mass is 1120 g/mol. The highest BCUT2D eigenvalue weighted by Gasteiger charge is 2.51. The first-order valence-corrected chi connectivity index (χ1v) is 32.7. The number of rotatable bonds is 53. The van der Waals surface area contributed by atoms with Crippen molar-refractivity contribution < 1.29 is 64.6 Å². The van der Waals surface area contributed by atoms with Gasteiger partial charge in [0.05, 0.1) is 32.0 Å². The summed E-state index contributed by atoms with van der Waals surface area (Å²) in [6, 6.07) is -0.912. The number of aliphatic hydroxyl groups is 8. The minimum absolute atomic E-state index is 0.236. The molecule has 0 spiro atoms. The number of allylic oxidation sites excluding steroid dienone is 5. The van der Waals surface area contributed by atoms with Crippen LogP contribution in [0.15, 0.2) is 36.5 Å². The third-order valence-corrected chi connectivity index (χ3v) is 16.1. The van der Waals surface area contributed by atoms with Crippen molar-refractivity contribution in [3.8, 4) is 0 Å². The van der Waals surface area contributed by atoms with Crippen molar-refractivity contribution in [2.45, 2.75) is 351 Å². The fourth-order valence-electron chi connectivity index (χ4n) is 10.8. The second kappa shape index (κ2) is 50.7. The third kappa shape index (κ3) is 35.8. The molecule has 14 heteroatoms. The molecule has 0 bridgehead atoms. The third-order valence-electron chi connectivity index (χ3n) is 16.1. The van der Waals surface area contributed by atoms with E-state index in [0.717, 1.165) is 44.9 Å². The molecular weight excluding hydrogens is 1000 g/mol. The normalized spacial score (nSPS) is 24.6. The number of ether oxygens (including phenoxy) is 4. The molecule has 1 amide bonds. The van der Waals surface area contributed by atoms with Crippen LogP contribution in [0.4, 0.5) is 0 Å². The van der Waals surface area contributed by atoms with Crippen LogP contribution in [0.1, 0.15) is 277 Å². The first kappa shape index (κ1) is 73.3. The summed E-state index contributed by atoms with van der Waals surface area (Å²) in [6.07, 6.45) is 46.3. The molecule has 12 atom stereocenters. The van der Waals surface area contributed by atoms with Crippen LogP contribution in [0.2, 0.25) is 0 Å². The van der Waals surface area contributed by atoms with Crippen LogP contribution in [0.3, 0.4) is 0 Å². The molecule has 9 N–H and O–H groups in total. The van der Waals surface area contributed by atoms with Gasteiger partial charge in [-0.15, -0.1) is 0 Å². The molecule has 14 nitrogen and oxygen atoms in total. The van der Waals surface area contributed by atoms with Gasteiger partial charge in [-0.25, -0.2) is 0 Å². The van der Waals surface area contributed by atoms with Gasteiger partial charge in [-0.2, -0.15) is 0 Å². The lowest BCUT2D eigenvalue weighted by Crippen LogP contribution is -2.65. The summed E-state index contributed by atoms with van der Waals surface area (Å²) in [5.74, 6) is -0.236. The molecule has 2 aliphatic heterocycles. The van der Waals surface area contributed by atoms with E-state index in [0.29, 0.717) is 6.42 Å². The van der Waals surface area contributed by atoms with E-state index in [1.54, 1.807) is 6.08 Å². The van der Waals surface area contributed by atoms with Gasteiger partial charge < -0.3 is 65.1 Å². The van der Waals surface area contributed by atoms with E-state index in [9.17, 15) is 45.6 Å². The maximum atomic E-state index is 13.3. The van der Waals surface area contributed by atoms with Crippen molar-refractivity contribution in [2.75, 3.05) is 19.8 Å². The summed E-state index contributed by atoms with van der Waals surface area (Å²) in [6.45, 7) is 2.81. The topological polar surface area (TPSA) is 228 Å². The van der Waals surface area contributed by atoms with Crippen molar-refractivity contribution in [3.05, 3.63) is 36.5 Å². The number of aliphatic hydroxyl groups excluding tert-OH is 8. The Bertz CT molecular complexity index is 1460. The molecule has 2 aliphatic rings. The molecule has 0 aromatic carbocycles. The van der Waals surface area contributed by atoms with Gasteiger partial charge in [0.1, 0.15) is 48.8 Å². The van der Waals surface area contributed by atoms with Crippen molar-refractivity contribution in [3.63, 3.8) is 0 Å². The highest BCUT2D eigenvalue weighted by atomic mass is 16.7. The van der Waals surface area contributed by atoms with E-state index >= 15 is 0 Å². The molecule has 2 rings (SSSR count). The molecule has 0 aliphatic carbocycles. The van der Waals surface area contributed by atoms with Crippen molar-refractivity contribution >= 4 is 5.91 Å². The van der Waals surface area contributed by atoms with E-state index in [1.807, 2.05) is 6.08 Å². The lowest BCUT2D eigenvalue weighted by Gasteiger charge is -2.46. The molecule has 2 fully saturated rings. The Morgan fingerprint density at radius 3 is 1.27 bits per heavy atom. The maximum Gasteiger partial charge on any atom is 0.220 e. The summed E-state index contributed by atoms with van der Waals surface area (Å²) in [4.78, 5) is 13.3. The van der Waals surface area contributed by atoms with Crippen LogP contribution < -0.4 is 5.32 Å². The summed E-state index contributed by atoms with van der Waals surface area (Å²) >= 11 is 0. The predicted octanol–water partition coefficient (Wildman–Crippen LogP) is 12.2. The zero-order valence-corrected chi connectivity index (χ0v) is 50.1. The quantitative estimate of drug-likeness (QED) is 0.0204. The number of nitrogens with one attached hydrogen (secondary N) is 1. The van der Waals surface area contributed by atoms with Gasteiger partial charge >= 0.3 is 0 Å². The summed E-state index contributed by atoms with van der Waals surface area (Å²) in [5, 5.41) is 87.1. The molecule has 0 aromatic heterocycles. The molecule has 0 radical (unpaired) electrons. The fourth-order valence-corrected chi connectivity index (χ4v) is 10.8. The lowest BCUT2D eigenvalue weighted by atomic mass is 9.97. The highest BCUT2D eigenvalue weighted by molar-refractivity contribution is 5.76. The Morgan fingerprint density at radius 1 is 0.456 bits per heavy atom. The van der Waals surface area contributed by atoms with Gasteiger partial charge in [0.25, 0.3) is 0 Å². The Morgan fingerprint density at radius 2 is 0.835 bits per heavy atom. The van der Waals surface area contributed by atoms with E-state index in [1.165, 1.54) is 205 Å².